The number of hydrogen-bond acceptors (Lipinski definition) is 6. The zero-order chi connectivity index (χ0) is 20.5. The van der Waals surface area contributed by atoms with Crippen LogP contribution in [0.25, 0.3) is 11.1 Å². The molecule has 3 aliphatic heterocycles. The molecule has 0 aliphatic carbocycles. The molecule has 0 amide bonds. The van der Waals surface area contributed by atoms with Crippen molar-refractivity contribution >= 4 is 0 Å². The number of benzene rings is 2. The minimum absolute atomic E-state index is 0.0997. The Hall–Kier alpha value is -1.80. The lowest BCUT2D eigenvalue weighted by atomic mass is 9.94. The van der Waals surface area contributed by atoms with Gasteiger partial charge in [-0.1, -0.05) is 54.6 Å². The van der Waals surface area contributed by atoms with Gasteiger partial charge in [0.25, 0.3) is 0 Å². The van der Waals surface area contributed by atoms with E-state index in [9.17, 15) is 5.11 Å². The Kier molecular flexibility index (Phi) is 5.87. The summed E-state index contributed by atoms with van der Waals surface area (Å²) >= 11 is 0. The Labute approximate surface area is 178 Å². The predicted octanol–water partition coefficient (Wildman–Crippen LogP) is 1.54. The lowest BCUT2D eigenvalue weighted by Gasteiger charge is -2.46. The third-order valence-corrected chi connectivity index (χ3v) is 6.69. The van der Waals surface area contributed by atoms with Crippen molar-refractivity contribution in [3.05, 3.63) is 60.2 Å². The summed E-state index contributed by atoms with van der Waals surface area (Å²) in [5, 5.41) is 14.8. The topological polar surface area (TPSA) is 57.2 Å². The van der Waals surface area contributed by atoms with Crippen LogP contribution >= 0.6 is 0 Å². The number of ether oxygens (including phenoxy) is 2. The van der Waals surface area contributed by atoms with E-state index < -0.39 is 6.10 Å². The molecule has 30 heavy (non-hydrogen) atoms. The Balaban J connectivity index is 1.24. The first-order chi connectivity index (χ1) is 14.7. The van der Waals surface area contributed by atoms with E-state index >= 15 is 0 Å². The average molecular weight is 410 g/mol. The lowest BCUT2D eigenvalue weighted by Crippen LogP contribution is -2.66. The molecule has 2 bridgehead atoms. The highest BCUT2D eigenvalue weighted by atomic mass is 16.7. The van der Waals surface area contributed by atoms with E-state index in [2.05, 4.69) is 70.7 Å². The molecule has 0 radical (unpaired) electrons. The molecule has 0 saturated carbocycles. The predicted molar refractivity (Wildman–Crippen MR) is 116 cm³/mol. The second-order valence-electron chi connectivity index (χ2n) is 8.67. The lowest BCUT2D eigenvalue weighted by molar-refractivity contribution is -0.186. The highest BCUT2D eigenvalue weighted by Gasteiger charge is 2.52. The highest BCUT2D eigenvalue weighted by Crippen LogP contribution is 2.32. The van der Waals surface area contributed by atoms with Gasteiger partial charge in [-0.15, -0.1) is 0 Å². The first-order valence-corrected chi connectivity index (χ1v) is 10.9. The molecule has 2 aromatic carbocycles. The highest BCUT2D eigenvalue weighted by molar-refractivity contribution is 5.63. The minimum Gasteiger partial charge on any atom is -0.390 e. The smallest absolute Gasteiger partial charge is 0.176 e. The van der Waals surface area contributed by atoms with E-state index in [4.69, 9.17) is 9.47 Å². The third kappa shape index (κ3) is 4.04. The summed E-state index contributed by atoms with van der Waals surface area (Å²) in [7, 11) is 2.14. The average Bonchev–Trinajstić information content (AvgIpc) is 3.21. The van der Waals surface area contributed by atoms with Crippen molar-refractivity contribution in [3.8, 4) is 11.1 Å². The van der Waals surface area contributed by atoms with Crippen molar-refractivity contribution in [1.82, 2.24) is 15.1 Å². The van der Waals surface area contributed by atoms with Crippen molar-refractivity contribution in [1.29, 1.82) is 0 Å². The number of fused-ring (bicyclic) bond motifs is 2. The Morgan fingerprint density at radius 3 is 2.40 bits per heavy atom. The van der Waals surface area contributed by atoms with Gasteiger partial charge in [0.2, 0.25) is 0 Å². The van der Waals surface area contributed by atoms with E-state index in [0.29, 0.717) is 13.2 Å². The van der Waals surface area contributed by atoms with Crippen LogP contribution in [0.1, 0.15) is 5.56 Å². The van der Waals surface area contributed by atoms with Crippen LogP contribution in [0.15, 0.2) is 54.6 Å². The van der Waals surface area contributed by atoms with Crippen LogP contribution < -0.4 is 5.32 Å². The number of nitrogens with one attached hydrogen (secondary N) is 1. The first-order valence-electron chi connectivity index (χ1n) is 10.9. The minimum atomic E-state index is -0.511. The van der Waals surface area contributed by atoms with Crippen LogP contribution in [0.4, 0.5) is 0 Å². The summed E-state index contributed by atoms with van der Waals surface area (Å²) in [6.45, 7) is 5.10. The van der Waals surface area contributed by atoms with Crippen molar-refractivity contribution in [2.75, 3.05) is 39.8 Å². The largest absolute Gasteiger partial charge is 0.390 e. The molecule has 3 saturated heterocycles. The van der Waals surface area contributed by atoms with Crippen LogP contribution in [-0.2, 0) is 16.0 Å². The SMILES string of the molecule is CN1CCN([C@H]2[C@@H]3OC[C@@H](O3)[C@@H](NCc3ccc(-c4ccccc4)cc3)[C@@H]2O)CC1. The van der Waals surface area contributed by atoms with Gasteiger partial charge in [0, 0.05) is 32.7 Å². The van der Waals surface area contributed by atoms with Crippen LogP contribution in [0.3, 0.4) is 0 Å². The molecule has 2 N–H and O–H groups in total. The van der Waals surface area contributed by atoms with Gasteiger partial charge in [-0.2, -0.15) is 0 Å². The molecule has 0 spiro atoms. The van der Waals surface area contributed by atoms with E-state index in [-0.39, 0.29) is 24.5 Å². The fourth-order valence-electron chi connectivity index (χ4n) is 4.84. The van der Waals surface area contributed by atoms with Gasteiger partial charge in [-0.3, -0.25) is 4.90 Å². The monoisotopic (exact) mass is 409 g/mol. The van der Waals surface area contributed by atoms with Crippen molar-refractivity contribution in [3.63, 3.8) is 0 Å². The fourth-order valence-corrected chi connectivity index (χ4v) is 4.84. The van der Waals surface area contributed by atoms with Crippen LogP contribution in [0.5, 0.6) is 0 Å². The van der Waals surface area contributed by atoms with Crippen LogP contribution in [0.2, 0.25) is 0 Å². The zero-order valence-corrected chi connectivity index (χ0v) is 17.5. The Morgan fingerprint density at radius 1 is 0.967 bits per heavy atom. The van der Waals surface area contributed by atoms with Crippen molar-refractivity contribution < 1.29 is 14.6 Å². The quantitative estimate of drug-likeness (QED) is 0.782. The van der Waals surface area contributed by atoms with Gasteiger partial charge in [0.15, 0.2) is 6.29 Å². The number of hydrogen-bond donors (Lipinski definition) is 2. The van der Waals surface area contributed by atoms with E-state index in [0.717, 1.165) is 26.2 Å². The van der Waals surface area contributed by atoms with Gasteiger partial charge in [0.05, 0.1) is 24.8 Å². The molecule has 5 rings (SSSR count). The maximum Gasteiger partial charge on any atom is 0.176 e. The van der Waals surface area contributed by atoms with Crippen LogP contribution in [0, 0.1) is 0 Å². The Bertz CT molecular complexity index is 823. The standard InChI is InChI=1S/C24H31N3O3/c1-26-11-13-27(14-12-26)22-23(28)21(20-16-29-24(22)30-20)25-15-17-7-9-19(10-8-17)18-5-3-2-4-6-18/h2-10,20-25,28H,11-16H2,1H3/t20-,21-,22-,23+,24-/m1/s1. The van der Waals surface area contributed by atoms with Gasteiger partial charge in [-0.05, 0) is 23.7 Å². The van der Waals surface area contributed by atoms with Gasteiger partial charge >= 0.3 is 0 Å². The number of likely N-dealkylation sites (N-methyl/N-ethyl adjacent to an activating group) is 1. The van der Waals surface area contributed by atoms with E-state index in [1.54, 1.807) is 0 Å². The molecule has 3 aliphatic rings. The molecule has 6 nitrogen and oxygen atoms in total. The molecule has 3 heterocycles. The summed E-state index contributed by atoms with van der Waals surface area (Å²) < 4.78 is 12.0. The van der Waals surface area contributed by atoms with E-state index in [1.807, 2.05) is 6.07 Å². The maximum absolute atomic E-state index is 11.2. The van der Waals surface area contributed by atoms with Crippen LogP contribution in [-0.4, -0.2) is 85.3 Å². The summed E-state index contributed by atoms with van der Waals surface area (Å²) in [6.07, 6.45) is -0.933. The first kappa shape index (κ1) is 20.1. The molecule has 2 aromatic rings. The third-order valence-electron chi connectivity index (χ3n) is 6.69. The summed E-state index contributed by atoms with van der Waals surface area (Å²) in [4.78, 5) is 4.65. The number of aliphatic hydroxyl groups excluding tert-OH is 1. The summed E-state index contributed by atoms with van der Waals surface area (Å²) in [5.74, 6) is 0. The van der Waals surface area contributed by atoms with Crippen molar-refractivity contribution in [2.45, 2.75) is 37.1 Å². The zero-order valence-electron chi connectivity index (χ0n) is 17.5. The second kappa shape index (κ2) is 8.75. The van der Waals surface area contributed by atoms with Gasteiger partial charge in [-0.25, -0.2) is 0 Å². The maximum atomic E-state index is 11.2. The summed E-state index contributed by atoms with van der Waals surface area (Å²) in [5.41, 5.74) is 3.62. The molecular formula is C24H31N3O3. The molecule has 160 valence electrons. The number of nitrogens with zero attached hydrogens (tertiary/aromatic N) is 2. The number of rotatable bonds is 5. The van der Waals surface area contributed by atoms with E-state index in [1.165, 1.54) is 16.7 Å². The molecule has 6 heteroatoms. The van der Waals surface area contributed by atoms with Gasteiger partial charge in [0.1, 0.15) is 6.10 Å². The number of piperazine rings is 1. The Morgan fingerprint density at radius 2 is 1.67 bits per heavy atom. The van der Waals surface area contributed by atoms with Crippen molar-refractivity contribution in [2.24, 2.45) is 0 Å². The second-order valence-corrected chi connectivity index (χ2v) is 8.67. The molecular weight excluding hydrogens is 378 g/mol. The molecule has 0 unspecified atom stereocenters. The number of aliphatic hydroxyl groups is 1. The fraction of sp³-hybridized carbons (Fsp3) is 0.500. The molecule has 0 aromatic heterocycles. The normalized spacial score (nSPS) is 32.4. The summed E-state index contributed by atoms with van der Waals surface area (Å²) in [6, 6.07) is 18.8. The molecule has 3 fully saturated rings. The van der Waals surface area contributed by atoms with Gasteiger partial charge < -0.3 is 24.8 Å². The molecule has 5 atom stereocenters.